The molecule has 2 amide bonds. The topological polar surface area (TPSA) is 71.1 Å². The van der Waals surface area contributed by atoms with Crippen LogP contribution in [0.1, 0.15) is 56.8 Å². The first-order valence-corrected chi connectivity index (χ1v) is 11.7. The van der Waals surface area contributed by atoms with Crippen LogP contribution in [0.3, 0.4) is 0 Å². The van der Waals surface area contributed by atoms with Crippen LogP contribution in [-0.4, -0.2) is 75.6 Å². The molecule has 7 heteroatoms. The fraction of sp³-hybridized carbons (Fsp3) is 0.680. The zero-order valence-corrected chi connectivity index (χ0v) is 20.7. The Morgan fingerprint density at radius 3 is 2.47 bits per heavy atom. The summed E-state index contributed by atoms with van der Waals surface area (Å²) in [6.45, 7) is 9.76. The molecule has 1 N–H and O–H groups in total. The summed E-state index contributed by atoms with van der Waals surface area (Å²) in [5.41, 5.74) is 0.597. The van der Waals surface area contributed by atoms with Crippen molar-refractivity contribution in [3.8, 4) is 11.5 Å². The third-order valence-corrected chi connectivity index (χ3v) is 5.80. The number of piperidine rings is 1. The number of amides is 2. The molecule has 1 aromatic rings. The van der Waals surface area contributed by atoms with E-state index >= 15 is 0 Å². The molecular formula is C25H41N3O4. The maximum absolute atomic E-state index is 13.0. The number of hydrogen-bond donors (Lipinski definition) is 1. The third-order valence-electron chi connectivity index (χ3n) is 5.80. The number of carbonyl (C=O) groups excluding carboxylic acids is 2. The van der Waals surface area contributed by atoms with Crippen LogP contribution in [0.25, 0.3) is 0 Å². The third kappa shape index (κ3) is 7.69. The summed E-state index contributed by atoms with van der Waals surface area (Å²) >= 11 is 0. The van der Waals surface area contributed by atoms with E-state index in [1.54, 1.807) is 25.3 Å². The van der Waals surface area contributed by atoms with E-state index < -0.39 is 0 Å². The van der Waals surface area contributed by atoms with Gasteiger partial charge >= 0.3 is 0 Å². The van der Waals surface area contributed by atoms with Crippen LogP contribution in [0, 0.1) is 11.3 Å². The number of nitrogens with one attached hydrogen (secondary N) is 1. The predicted octanol–water partition coefficient (Wildman–Crippen LogP) is 3.43. The lowest BCUT2D eigenvalue weighted by atomic mass is 9.91. The van der Waals surface area contributed by atoms with Gasteiger partial charge in [-0.3, -0.25) is 9.59 Å². The second-order valence-corrected chi connectivity index (χ2v) is 9.75. The number of benzene rings is 1. The van der Waals surface area contributed by atoms with E-state index in [0.29, 0.717) is 56.1 Å². The average molecular weight is 448 g/mol. The highest BCUT2D eigenvalue weighted by atomic mass is 16.5. The molecule has 7 nitrogen and oxygen atoms in total. The monoisotopic (exact) mass is 447 g/mol. The predicted molar refractivity (Wildman–Crippen MR) is 127 cm³/mol. The van der Waals surface area contributed by atoms with E-state index in [0.717, 1.165) is 19.4 Å². The molecule has 0 bridgehead atoms. The van der Waals surface area contributed by atoms with Gasteiger partial charge in [-0.2, -0.15) is 0 Å². The second-order valence-electron chi connectivity index (χ2n) is 9.75. The summed E-state index contributed by atoms with van der Waals surface area (Å²) in [6.07, 6.45) is 3.39. The van der Waals surface area contributed by atoms with Crippen LogP contribution in [-0.2, 0) is 4.79 Å². The number of likely N-dealkylation sites (tertiary alicyclic amines) is 1. The van der Waals surface area contributed by atoms with Gasteiger partial charge in [-0.25, -0.2) is 0 Å². The minimum atomic E-state index is -0.0434. The quantitative estimate of drug-likeness (QED) is 0.526. The molecule has 32 heavy (non-hydrogen) atoms. The van der Waals surface area contributed by atoms with Gasteiger partial charge in [0.15, 0.2) is 11.5 Å². The first kappa shape index (κ1) is 26.0. The Morgan fingerprint density at radius 1 is 1.19 bits per heavy atom. The molecule has 1 heterocycles. The number of nitrogens with zero attached hydrogens (tertiary/aromatic N) is 2. The molecule has 1 saturated heterocycles. The van der Waals surface area contributed by atoms with Crippen LogP contribution in [0.5, 0.6) is 11.5 Å². The zero-order chi connectivity index (χ0) is 23.7. The molecule has 0 aromatic heterocycles. The molecule has 0 radical (unpaired) electrons. The van der Waals surface area contributed by atoms with Crippen molar-refractivity contribution >= 4 is 11.8 Å². The minimum absolute atomic E-state index is 0.0152. The average Bonchev–Trinajstić information content (AvgIpc) is 2.76. The maximum atomic E-state index is 13.0. The number of ether oxygens (including phenoxy) is 2. The van der Waals surface area contributed by atoms with Crippen LogP contribution < -0.4 is 14.8 Å². The number of carbonyl (C=O) groups is 2. The molecule has 0 unspecified atom stereocenters. The molecule has 1 aliphatic heterocycles. The van der Waals surface area contributed by atoms with Crippen LogP contribution in [0.15, 0.2) is 18.2 Å². The molecular weight excluding hydrogens is 406 g/mol. The van der Waals surface area contributed by atoms with E-state index in [-0.39, 0.29) is 23.1 Å². The van der Waals surface area contributed by atoms with Gasteiger partial charge < -0.3 is 24.6 Å². The Bertz CT molecular complexity index is 756. The number of unbranched alkanes of at least 4 members (excludes halogenated alkanes) is 1. The SMILES string of the molecule is CCCCOc1ccc(C(=O)N2CCC(C(=O)NCC(C)(C)CN(C)C)CC2)cc1OC. The first-order valence-electron chi connectivity index (χ1n) is 11.7. The van der Waals surface area contributed by atoms with Gasteiger partial charge in [0.05, 0.1) is 13.7 Å². The lowest BCUT2D eigenvalue weighted by molar-refractivity contribution is -0.126. The van der Waals surface area contributed by atoms with Crippen molar-refractivity contribution in [2.45, 2.75) is 46.5 Å². The summed E-state index contributed by atoms with van der Waals surface area (Å²) in [5, 5.41) is 3.12. The minimum Gasteiger partial charge on any atom is -0.493 e. The van der Waals surface area contributed by atoms with Crippen molar-refractivity contribution in [1.29, 1.82) is 0 Å². The molecule has 1 aliphatic rings. The Kier molecular flexibility index (Phi) is 9.82. The van der Waals surface area contributed by atoms with Gasteiger partial charge in [0.2, 0.25) is 5.91 Å². The Morgan fingerprint density at radius 2 is 1.88 bits per heavy atom. The standard InChI is InChI=1S/C25H41N3O4/c1-7-8-15-32-21-10-9-20(16-22(21)31-6)24(30)28-13-11-19(12-14-28)23(29)26-17-25(2,3)18-27(4)5/h9-10,16,19H,7-8,11-15,17-18H2,1-6H3,(H,26,29). The highest BCUT2D eigenvalue weighted by Crippen LogP contribution is 2.29. The molecule has 0 aliphatic carbocycles. The summed E-state index contributed by atoms with van der Waals surface area (Å²) in [6, 6.07) is 5.34. The summed E-state index contributed by atoms with van der Waals surface area (Å²) in [4.78, 5) is 29.6. The van der Waals surface area contributed by atoms with Crippen molar-refractivity contribution in [2.75, 3.05) is 54.0 Å². The van der Waals surface area contributed by atoms with Crippen LogP contribution >= 0.6 is 0 Å². The Labute approximate surface area is 193 Å². The molecule has 0 spiro atoms. The first-order chi connectivity index (χ1) is 15.2. The maximum Gasteiger partial charge on any atom is 0.253 e. The highest BCUT2D eigenvalue weighted by Gasteiger charge is 2.29. The summed E-state index contributed by atoms with van der Waals surface area (Å²) in [5.74, 6) is 1.25. The fourth-order valence-corrected chi connectivity index (χ4v) is 4.16. The van der Waals surface area contributed by atoms with Gasteiger partial charge in [-0.05, 0) is 57.0 Å². The van der Waals surface area contributed by atoms with E-state index in [9.17, 15) is 9.59 Å². The van der Waals surface area contributed by atoms with Gasteiger partial charge in [-0.15, -0.1) is 0 Å². The largest absolute Gasteiger partial charge is 0.493 e. The normalized spacial score (nSPS) is 15.0. The van der Waals surface area contributed by atoms with Gasteiger partial charge in [0.25, 0.3) is 5.91 Å². The number of methoxy groups -OCH3 is 1. The molecule has 180 valence electrons. The van der Waals surface area contributed by atoms with Gasteiger partial charge in [-0.1, -0.05) is 27.2 Å². The lowest BCUT2D eigenvalue weighted by Gasteiger charge is -2.33. The summed E-state index contributed by atoms with van der Waals surface area (Å²) < 4.78 is 11.2. The number of hydrogen-bond acceptors (Lipinski definition) is 5. The van der Waals surface area contributed by atoms with E-state index in [4.69, 9.17) is 9.47 Å². The Balaban J connectivity index is 1.88. The van der Waals surface area contributed by atoms with Crippen molar-refractivity contribution in [3.05, 3.63) is 23.8 Å². The van der Waals surface area contributed by atoms with Crippen molar-refractivity contribution in [2.24, 2.45) is 11.3 Å². The smallest absolute Gasteiger partial charge is 0.253 e. The van der Waals surface area contributed by atoms with Crippen molar-refractivity contribution in [1.82, 2.24) is 15.1 Å². The zero-order valence-electron chi connectivity index (χ0n) is 20.7. The van der Waals surface area contributed by atoms with Gasteiger partial charge in [0, 0.05) is 37.7 Å². The fourth-order valence-electron chi connectivity index (χ4n) is 4.16. The van der Waals surface area contributed by atoms with Crippen molar-refractivity contribution < 1.29 is 19.1 Å². The van der Waals surface area contributed by atoms with Crippen LogP contribution in [0.4, 0.5) is 0 Å². The van der Waals surface area contributed by atoms with Crippen LogP contribution in [0.2, 0.25) is 0 Å². The lowest BCUT2D eigenvalue weighted by Crippen LogP contribution is -2.46. The molecule has 1 fully saturated rings. The summed E-state index contributed by atoms with van der Waals surface area (Å²) in [7, 11) is 5.66. The molecule has 0 saturated carbocycles. The van der Waals surface area contributed by atoms with Gasteiger partial charge in [0.1, 0.15) is 0 Å². The molecule has 1 aromatic carbocycles. The van der Waals surface area contributed by atoms with E-state index in [1.807, 2.05) is 19.0 Å². The second kappa shape index (κ2) is 12.1. The van der Waals surface area contributed by atoms with Crippen molar-refractivity contribution in [3.63, 3.8) is 0 Å². The highest BCUT2D eigenvalue weighted by molar-refractivity contribution is 5.95. The number of rotatable bonds is 11. The molecule has 0 atom stereocenters. The van der Waals surface area contributed by atoms with E-state index in [1.165, 1.54) is 0 Å². The Hall–Kier alpha value is -2.28. The van der Waals surface area contributed by atoms with E-state index in [2.05, 4.69) is 31.0 Å². The molecule has 2 rings (SSSR count).